The molecule has 1 amide bonds. The van der Waals surface area contributed by atoms with Gasteiger partial charge in [-0.2, -0.15) is 0 Å². The highest BCUT2D eigenvalue weighted by atomic mass is 35.5. The summed E-state index contributed by atoms with van der Waals surface area (Å²) in [6, 6.07) is 12.7. The van der Waals surface area contributed by atoms with Crippen LogP contribution in [0.4, 0.5) is 10.8 Å². The van der Waals surface area contributed by atoms with Gasteiger partial charge in [-0.3, -0.25) is 9.69 Å². The molecule has 0 radical (unpaired) electrons. The average Bonchev–Trinajstić information content (AvgIpc) is 3.17. The molecule has 3 nitrogen and oxygen atoms in total. The maximum atomic E-state index is 12.5. The van der Waals surface area contributed by atoms with Crippen molar-refractivity contribution in [2.75, 3.05) is 4.90 Å². The molecule has 3 aromatic rings. The minimum Gasteiger partial charge on any atom is -0.274 e. The Bertz CT molecular complexity index is 1060. The topological polar surface area (TPSA) is 33.2 Å². The number of thioether (sulfide) groups is 1. The first-order valence-corrected chi connectivity index (χ1v) is 12.5. The Kier molecular flexibility index (Phi) is 6.51. The van der Waals surface area contributed by atoms with Crippen molar-refractivity contribution in [2.24, 2.45) is 0 Å². The largest absolute Gasteiger partial charge is 0.274 e. The Morgan fingerprint density at radius 1 is 1.30 bits per heavy atom. The summed E-state index contributed by atoms with van der Waals surface area (Å²) < 4.78 is 0. The standard InChI is InChI=1S/C24H25ClN2OS2/c1-15-11-16(2)23(21(25)12-15)27(17(3)28)24-26-19(14-30-24)13-29-22-10-6-8-18-7-4-5-9-20(18)22/h4-5,7,9,11-12,14,22H,6,8,10,13H2,1-3H3. The van der Waals surface area contributed by atoms with Crippen LogP contribution in [-0.2, 0) is 17.0 Å². The van der Waals surface area contributed by atoms with Crippen LogP contribution in [0.2, 0.25) is 5.02 Å². The van der Waals surface area contributed by atoms with E-state index in [1.807, 2.05) is 37.7 Å². The third kappa shape index (κ3) is 4.43. The number of hydrogen-bond acceptors (Lipinski definition) is 4. The van der Waals surface area contributed by atoms with Crippen molar-refractivity contribution in [3.63, 3.8) is 0 Å². The Hall–Kier alpha value is -1.82. The minimum absolute atomic E-state index is 0.0846. The highest BCUT2D eigenvalue weighted by Gasteiger charge is 2.24. The van der Waals surface area contributed by atoms with Gasteiger partial charge in [0.25, 0.3) is 0 Å². The smallest absolute Gasteiger partial charge is 0.230 e. The predicted octanol–water partition coefficient (Wildman–Crippen LogP) is 7.41. The van der Waals surface area contributed by atoms with Crippen LogP contribution in [0.25, 0.3) is 0 Å². The monoisotopic (exact) mass is 456 g/mol. The van der Waals surface area contributed by atoms with Crippen LogP contribution in [0.3, 0.4) is 0 Å². The summed E-state index contributed by atoms with van der Waals surface area (Å²) in [6.07, 6.45) is 3.62. The predicted molar refractivity (Wildman–Crippen MR) is 129 cm³/mol. The fourth-order valence-electron chi connectivity index (χ4n) is 4.11. The molecule has 6 heteroatoms. The number of benzene rings is 2. The molecule has 1 atom stereocenters. The Balaban J connectivity index is 1.54. The van der Waals surface area contributed by atoms with Crippen LogP contribution < -0.4 is 4.90 Å². The second-order valence-electron chi connectivity index (χ2n) is 7.78. The molecular formula is C24H25ClN2OS2. The molecule has 0 fully saturated rings. The van der Waals surface area contributed by atoms with Gasteiger partial charge in [0.15, 0.2) is 5.13 Å². The van der Waals surface area contributed by atoms with Gasteiger partial charge in [-0.15, -0.1) is 23.1 Å². The van der Waals surface area contributed by atoms with Gasteiger partial charge in [-0.25, -0.2) is 4.98 Å². The van der Waals surface area contributed by atoms with Crippen molar-refractivity contribution >= 4 is 51.4 Å². The van der Waals surface area contributed by atoms with E-state index in [2.05, 4.69) is 29.6 Å². The van der Waals surface area contributed by atoms with E-state index >= 15 is 0 Å². The van der Waals surface area contributed by atoms with Crippen molar-refractivity contribution < 1.29 is 4.79 Å². The molecule has 4 rings (SSSR count). The van der Waals surface area contributed by atoms with Crippen molar-refractivity contribution in [3.05, 3.63) is 74.7 Å². The molecule has 30 heavy (non-hydrogen) atoms. The van der Waals surface area contributed by atoms with Gasteiger partial charge in [-0.1, -0.05) is 41.9 Å². The Morgan fingerprint density at radius 2 is 2.10 bits per heavy atom. The molecule has 2 aromatic carbocycles. The van der Waals surface area contributed by atoms with Gasteiger partial charge in [0.05, 0.1) is 16.4 Å². The number of carbonyl (C=O) groups is 1. The number of aromatic nitrogens is 1. The third-order valence-corrected chi connectivity index (χ3v) is 7.93. The zero-order valence-corrected chi connectivity index (χ0v) is 19.8. The van der Waals surface area contributed by atoms with Gasteiger partial charge in [0.2, 0.25) is 5.91 Å². The van der Waals surface area contributed by atoms with E-state index in [1.165, 1.54) is 41.7 Å². The molecule has 0 aliphatic heterocycles. The summed E-state index contributed by atoms with van der Waals surface area (Å²) in [5.74, 6) is 0.751. The molecule has 0 bridgehead atoms. The van der Waals surface area contributed by atoms with Crippen molar-refractivity contribution in [3.8, 4) is 0 Å². The lowest BCUT2D eigenvalue weighted by Gasteiger charge is -2.24. The molecule has 1 heterocycles. The molecule has 1 aliphatic carbocycles. The first-order chi connectivity index (χ1) is 14.4. The SMILES string of the molecule is CC(=O)N(c1nc(CSC2CCCc3ccccc32)cs1)c1c(C)cc(C)cc1Cl. The van der Waals surface area contributed by atoms with Gasteiger partial charge in [-0.05, 0) is 61.4 Å². The Labute approximate surface area is 191 Å². The molecule has 1 unspecified atom stereocenters. The number of amides is 1. The van der Waals surface area contributed by atoms with Gasteiger partial charge >= 0.3 is 0 Å². The van der Waals surface area contributed by atoms with E-state index in [0.717, 1.165) is 28.3 Å². The molecule has 1 aromatic heterocycles. The number of anilines is 2. The minimum atomic E-state index is -0.0846. The lowest BCUT2D eigenvalue weighted by Crippen LogP contribution is -2.24. The van der Waals surface area contributed by atoms with Crippen LogP contribution in [-0.4, -0.2) is 10.9 Å². The molecule has 156 valence electrons. The zero-order valence-electron chi connectivity index (χ0n) is 17.4. The van der Waals surface area contributed by atoms with E-state index in [0.29, 0.717) is 15.4 Å². The second-order valence-corrected chi connectivity index (χ2v) is 10.2. The number of fused-ring (bicyclic) bond motifs is 1. The third-order valence-electron chi connectivity index (χ3n) is 5.41. The number of rotatable bonds is 5. The summed E-state index contributed by atoms with van der Waals surface area (Å²) in [5.41, 5.74) is 6.73. The fourth-order valence-corrected chi connectivity index (χ4v) is 6.76. The maximum absolute atomic E-state index is 12.5. The first kappa shape index (κ1) is 21.4. The van der Waals surface area contributed by atoms with E-state index in [1.54, 1.807) is 11.8 Å². The number of aryl methyl sites for hydroxylation is 3. The van der Waals surface area contributed by atoms with Crippen molar-refractivity contribution in [1.82, 2.24) is 4.98 Å². The van der Waals surface area contributed by atoms with Crippen LogP contribution in [0.1, 0.15) is 53.0 Å². The quantitative estimate of drug-likeness (QED) is 0.400. The number of thiazole rings is 1. The summed E-state index contributed by atoms with van der Waals surface area (Å²) >= 11 is 9.96. The molecule has 0 spiro atoms. The molecular weight excluding hydrogens is 432 g/mol. The van der Waals surface area contributed by atoms with Crippen molar-refractivity contribution in [1.29, 1.82) is 0 Å². The summed E-state index contributed by atoms with van der Waals surface area (Å²) in [4.78, 5) is 19.0. The molecule has 0 N–H and O–H groups in total. The van der Waals surface area contributed by atoms with E-state index < -0.39 is 0 Å². The average molecular weight is 457 g/mol. The van der Waals surface area contributed by atoms with E-state index in [4.69, 9.17) is 16.6 Å². The van der Waals surface area contributed by atoms with Gasteiger partial charge in [0.1, 0.15) is 0 Å². The van der Waals surface area contributed by atoms with Crippen LogP contribution in [0.15, 0.2) is 41.8 Å². The zero-order chi connectivity index (χ0) is 21.3. The highest BCUT2D eigenvalue weighted by Crippen LogP contribution is 2.42. The van der Waals surface area contributed by atoms with Gasteiger partial charge < -0.3 is 0 Å². The summed E-state index contributed by atoms with van der Waals surface area (Å²) in [5, 5.41) is 3.83. The fraction of sp³-hybridized carbons (Fsp3) is 0.333. The van der Waals surface area contributed by atoms with Crippen LogP contribution in [0, 0.1) is 13.8 Å². The molecule has 0 saturated heterocycles. The van der Waals surface area contributed by atoms with Gasteiger partial charge in [0, 0.05) is 23.3 Å². The number of nitrogens with zero attached hydrogens (tertiary/aromatic N) is 2. The summed E-state index contributed by atoms with van der Waals surface area (Å²) in [6.45, 7) is 5.54. The van der Waals surface area contributed by atoms with Crippen molar-refractivity contribution in [2.45, 2.75) is 51.0 Å². The Morgan fingerprint density at radius 3 is 2.87 bits per heavy atom. The maximum Gasteiger partial charge on any atom is 0.230 e. The molecule has 0 saturated carbocycles. The molecule has 1 aliphatic rings. The van der Waals surface area contributed by atoms with Crippen LogP contribution in [0.5, 0.6) is 0 Å². The van der Waals surface area contributed by atoms with E-state index in [9.17, 15) is 4.79 Å². The normalized spacial score (nSPS) is 15.7. The second kappa shape index (κ2) is 9.13. The summed E-state index contributed by atoms with van der Waals surface area (Å²) in [7, 11) is 0. The van der Waals surface area contributed by atoms with E-state index in [-0.39, 0.29) is 5.91 Å². The number of halogens is 1. The number of carbonyl (C=O) groups excluding carboxylic acids is 1. The van der Waals surface area contributed by atoms with Crippen LogP contribution >= 0.6 is 34.7 Å². The first-order valence-electron chi connectivity index (χ1n) is 10.2. The highest BCUT2D eigenvalue weighted by molar-refractivity contribution is 7.98. The lowest BCUT2D eigenvalue weighted by atomic mass is 9.91. The lowest BCUT2D eigenvalue weighted by molar-refractivity contribution is -0.115. The number of hydrogen-bond donors (Lipinski definition) is 0.